The Hall–Kier alpha value is -1.55. The summed E-state index contributed by atoms with van der Waals surface area (Å²) in [6, 6.07) is 6.28. The van der Waals surface area contributed by atoms with E-state index in [1.807, 2.05) is 32.0 Å². The van der Waals surface area contributed by atoms with Crippen molar-refractivity contribution in [3.05, 3.63) is 29.3 Å². The van der Waals surface area contributed by atoms with E-state index >= 15 is 0 Å². The number of aryl methyl sites for hydroxylation is 1. The van der Waals surface area contributed by atoms with Crippen LogP contribution >= 0.6 is 0 Å². The highest BCUT2D eigenvalue weighted by atomic mass is 16.5. The number of hydrogen-bond donors (Lipinski definition) is 2. The van der Waals surface area contributed by atoms with E-state index in [2.05, 4.69) is 5.32 Å². The summed E-state index contributed by atoms with van der Waals surface area (Å²) in [6.45, 7) is 4.35. The van der Waals surface area contributed by atoms with Crippen LogP contribution in [0.5, 0.6) is 5.75 Å². The van der Waals surface area contributed by atoms with Gasteiger partial charge in [0, 0.05) is 17.6 Å². The van der Waals surface area contributed by atoms with Crippen molar-refractivity contribution in [2.24, 2.45) is 5.73 Å². The van der Waals surface area contributed by atoms with Gasteiger partial charge in [-0.25, -0.2) is 0 Å². The lowest BCUT2D eigenvalue weighted by molar-refractivity contribution is -0.121. The molecule has 19 heavy (non-hydrogen) atoms. The standard InChI is InChI=1S/C15H22N2O2/c1-10-3-6-14(13(9-10)11(2)16)19-8-7-15(18)17-12-4-5-12/h3,6,9,11-12H,4-5,7-8,16H2,1-2H3,(H,17,18)/t11-/m1/s1. The lowest BCUT2D eigenvalue weighted by Crippen LogP contribution is -2.26. The predicted octanol–water partition coefficient (Wildman–Crippen LogP) is 2.06. The van der Waals surface area contributed by atoms with Gasteiger partial charge in [0.25, 0.3) is 0 Å². The minimum absolute atomic E-state index is 0.0666. The van der Waals surface area contributed by atoms with Crippen LogP contribution in [0.2, 0.25) is 0 Å². The molecule has 4 nitrogen and oxygen atoms in total. The summed E-state index contributed by atoms with van der Waals surface area (Å²) in [5.41, 5.74) is 8.08. The Morgan fingerprint density at radius 2 is 2.26 bits per heavy atom. The molecule has 1 aromatic carbocycles. The zero-order valence-corrected chi connectivity index (χ0v) is 11.6. The first kappa shape index (κ1) is 13.9. The molecule has 0 unspecified atom stereocenters. The number of nitrogens with two attached hydrogens (primary N) is 1. The van der Waals surface area contributed by atoms with E-state index in [0.717, 1.165) is 29.7 Å². The third-order valence-corrected chi connectivity index (χ3v) is 3.19. The monoisotopic (exact) mass is 262 g/mol. The van der Waals surface area contributed by atoms with Crippen molar-refractivity contribution in [3.63, 3.8) is 0 Å². The van der Waals surface area contributed by atoms with Crippen molar-refractivity contribution in [3.8, 4) is 5.75 Å². The van der Waals surface area contributed by atoms with Gasteiger partial charge >= 0.3 is 0 Å². The number of ether oxygens (including phenoxy) is 1. The molecule has 1 aromatic rings. The second-order valence-corrected chi connectivity index (χ2v) is 5.27. The molecule has 1 aliphatic rings. The molecule has 0 radical (unpaired) electrons. The van der Waals surface area contributed by atoms with Crippen LogP contribution in [-0.4, -0.2) is 18.6 Å². The molecule has 104 valence electrons. The highest BCUT2D eigenvalue weighted by Gasteiger charge is 2.22. The fourth-order valence-electron chi connectivity index (χ4n) is 1.94. The quantitative estimate of drug-likeness (QED) is 0.824. The van der Waals surface area contributed by atoms with Crippen molar-refractivity contribution in [2.75, 3.05) is 6.61 Å². The molecular weight excluding hydrogens is 240 g/mol. The number of amides is 1. The van der Waals surface area contributed by atoms with Gasteiger partial charge < -0.3 is 15.8 Å². The van der Waals surface area contributed by atoms with Crippen molar-refractivity contribution < 1.29 is 9.53 Å². The van der Waals surface area contributed by atoms with Crippen LogP contribution in [0.25, 0.3) is 0 Å². The molecule has 1 amide bonds. The molecule has 0 aliphatic heterocycles. The lowest BCUT2D eigenvalue weighted by atomic mass is 10.1. The largest absolute Gasteiger partial charge is 0.493 e. The van der Waals surface area contributed by atoms with E-state index in [9.17, 15) is 4.79 Å². The fourth-order valence-corrected chi connectivity index (χ4v) is 1.94. The average Bonchev–Trinajstić information content (AvgIpc) is 3.14. The third kappa shape index (κ3) is 4.24. The molecule has 1 fully saturated rings. The van der Waals surface area contributed by atoms with Crippen LogP contribution in [0.4, 0.5) is 0 Å². The van der Waals surface area contributed by atoms with Crippen LogP contribution in [-0.2, 0) is 4.79 Å². The first-order valence-corrected chi connectivity index (χ1v) is 6.84. The fraction of sp³-hybridized carbons (Fsp3) is 0.533. The molecule has 4 heteroatoms. The molecule has 0 spiro atoms. The van der Waals surface area contributed by atoms with Crippen LogP contribution in [0.3, 0.4) is 0 Å². The Kier molecular flexibility index (Phi) is 4.43. The SMILES string of the molecule is Cc1ccc(OCCC(=O)NC2CC2)c([C@@H](C)N)c1. The molecular formula is C15H22N2O2. The normalized spacial score (nSPS) is 15.9. The van der Waals surface area contributed by atoms with E-state index in [4.69, 9.17) is 10.5 Å². The zero-order valence-electron chi connectivity index (χ0n) is 11.6. The van der Waals surface area contributed by atoms with Crippen LogP contribution in [0.1, 0.15) is 43.4 Å². The van der Waals surface area contributed by atoms with Gasteiger partial charge in [0.2, 0.25) is 5.91 Å². The van der Waals surface area contributed by atoms with Crippen molar-refractivity contribution in [2.45, 2.75) is 45.2 Å². The van der Waals surface area contributed by atoms with Gasteiger partial charge in [-0.3, -0.25) is 4.79 Å². The van der Waals surface area contributed by atoms with E-state index < -0.39 is 0 Å². The van der Waals surface area contributed by atoms with Gasteiger partial charge in [-0.05, 0) is 32.8 Å². The Balaban J connectivity index is 1.86. The van der Waals surface area contributed by atoms with Gasteiger partial charge in [0.1, 0.15) is 5.75 Å². The first-order chi connectivity index (χ1) is 9.06. The molecule has 0 heterocycles. The van der Waals surface area contributed by atoms with Crippen molar-refractivity contribution in [1.82, 2.24) is 5.32 Å². The van der Waals surface area contributed by atoms with E-state index in [1.165, 1.54) is 0 Å². The Morgan fingerprint density at radius 1 is 1.53 bits per heavy atom. The Labute approximate surface area is 114 Å². The maximum Gasteiger partial charge on any atom is 0.223 e. The highest BCUT2D eigenvalue weighted by molar-refractivity contribution is 5.76. The summed E-state index contributed by atoms with van der Waals surface area (Å²) in [5, 5.41) is 2.94. The number of hydrogen-bond acceptors (Lipinski definition) is 3. The maximum atomic E-state index is 11.5. The summed E-state index contributed by atoms with van der Waals surface area (Å²) >= 11 is 0. The second kappa shape index (κ2) is 6.06. The summed E-state index contributed by atoms with van der Waals surface area (Å²) in [5.74, 6) is 0.844. The van der Waals surface area contributed by atoms with Gasteiger partial charge in [0.15, 0.2) is 0 Å². The smallest absolute Gasteiger partial charge is 0.223 e. The summed E-state index contributed by atoms with van der Waals surface area (Å²) in [6.07, 6.45) is 2.61. The molecule has 3 N–H and O–H groups in total. The minimum Gasteiger partial charge on any atom is -0.493 e. The number of carbonyl (C=O) groups excluding carboxylic acids is 1. The molecule has 1 saturated carbocycles. The number of nitrogens with one attached hydrogen (secondary N) is 1. The molecule has 2 rings (SSSR count). The van der Waals surface area contributed by atoms with E-state index in [0.29, 0.717) is 19.1 Å². The lowest BCUT2D eigenvalue weighted by Gasteiger charge is -2.14. The van der Waals surface area contributed by atoms with Gasteiger partial charge in [-0.2, -0.15) is 0 Å². The van der Waals surface area contributed by atoms with E-state index in [-0.39, 0.29) is 11.9 Å². The average molecular weight is 262 g/mol. The molecule has 1 aliphatic carbocycles. The molecule has 0 bridgehead atoms. The summed E-state index contributed by atoms with van der Waals surface area (Å²) in [4.78, 5) is 11.5. The zero-order chi connectivity index (χ0) is 13.8. The predicted molar refractivity (Wildman–Crippen MR) is 75.1 cm³/mol. The first-order valence-electron chi connectivity index (χ1n) is 6.84. The van der Waals surface area contributed by atoms with Crippen molar-refractivity contribution >= 4 is 5.91 Å². The summed E-state index contributed by atoms with van der Waals surface area (Å²) < 4.78 is 5.69. The minimum atomic E-state index is -0.0739. The summed E-state index contributed by atoms with van der Waals surface area (Å²) in [7, 11) is 0. The Morgan fingerprint density at radius 3 is 2.89 bits per heavy atom. The van der Waals surface area contributed by atoms with Crippen LogP contribution < -0.4 is 15.8 Å². The molecule has 0 aromatic heterocycles. The molecule has 0 saturated heterocycles. The molecule has 1 atom stereocenters. The third-order valence-electron chi connectivity index (χ3n) is 3.19. The second-order valence-electron chi connectivity index (χ2n) is 5.27. The topological polar surface area (TPSA) is 64.3 Å². The van der Waals surface area contributed by atoms with Gasteiger partial charge in [0.05, 0.1) is 13.0 Å². The number of carbonyl (C=O) groups is 1. The van der Waals surface area contributed by atoms with Crippen LogP contribution in [0, 0.1) is 6.92 Å². The number of rotatable bonds is 6. The van der Waals surface area contributed by atoms with Gasteiger partial charge in [-0.15, -0.1) is 0 Å². The maximum absolute atomic E-state index is 11.5. The Bertz CT molecular complexity index is 453. The van der Waals surface area contributed by atoms with E-state index in [1.54, 1.807) is 0 Å². The highest BCUT2D eigenvalue weighted by Crippen LogP contribution is 2.25. The number of benzene rings is 1. The van der Waals surface area contributed by atoms with Crippen LogP contribution in [0.15, 0.2) is 18.2 Å². The van der Waals surface area contributed by atoms with Crippen molar-refractivity contribution in [1.29, 1.82) is 0 Å². The van der Waals surface area contributed by atoms with Gasteiger partial charge in [-0.1, -0.05) is 17.7 Å².